The topological polar surface area (TPSA) is 74.2 Å². The second kappa shape index (κ2) is 14.8. The molecule has 1 heterocycles. The van der Waals surface area contributed by atoms with E-state index in [1.165, 1.54) is 25.7 Å². The molecule has 7 heteroatoms. The SMILES string of the molecule is CC(Oc1ccc(Cl)cc1)C(=O)O/N=C1\CCCCCCCCCCC(=O)OCCC1. The maximum absolute atomic E-state index is 12.3. The third-order valence-corrected chi connectivity index (χ3v) is 5.44. The van der Waals surface area contributed by atoms with Crippen LogP contribution in [0.15, 0.2) is 29.4 Å². The zero-order valence-electron chi connectivity index (χ0n) is 18.4. The number of carbonyl (C=O) groups is 2. The minimum atomic E-state index is -0.794. The van der Waals surface area contributed by atoms with Crippen molar-refractivity contribution in [2.24, 2.45) is 5.16 Å². The molecule has 1 fully saturated rings. The molecule has 0 amide bonds. The van der Waals surface area contributed by atoms with Crippen molar-refractivity contribution in [3.8, 4) is 5.75 Å². The number of benzene rings is 1. The van der Waals surface area contributed by atoms with E-state index in [-0.39, 0.29) is 5.97 Å². The molecule has 172 valence electrons. The van der Waals surface area contributed by atoms with E-state index >= 15 is 0 Å². The maximum Gasteiger partial charge on any atom is 0.374 e. The molecule has 1 aromatic carbocycles. The van der Waals surface area contributed by atoms with E-state index in [1.54, 1.807) is 31.2 Å². The zero-order chi connectivity index (χ0) is 22.3. The monoisotopic (exact) mass is 451 g/mol. The Hall–Kier alpha value is -2.08. The van der Waals surface area contributed by atoms with Crippen LogP contribution in [0.25, 0.3) is 0 Å². The Morgan fingerprint density at radius 3 is 2.19 bits per heavy atom. The Kier molecular flexibility index (Phi) is 12.1. The van der Waals surface area contributed by atoms with Gasteiger partial charge in [-0.15, -0.1) is 0 Å². The van der Waals surface area contributed by atoms with Gasteiger partial charge in [-0.05, 0) is 63.3 Å². The lowest BCUT2D eigenvalue weighted by atomic mass is 10.0. The van der Waals surface area contributed by atoms with Gasteiger partial charge in [0.1, 0.15) is 5.75 Å². The van der Waals surface area contributed by atoms with Crippen LogP contribution in [0.2, 0.25) is 5.02 Å². The standard InChI is InChI=1S/C24H34ClNO5/c1-19(30-22-16-14-20(25)15-17-22)24(28)31-26-21-11-8-6-4-2-3-5-7-9-13-23(27)29-18-10-12-21/h14-17,19H,2-13,18H2,1H3/b26-21+. The third kappa shape index (κ3) is 11.2. The van der Waals surface area contributed by atoms with Crippen LogP contribution in [0.4, 0.5) is 0 Å². The summed E-state index contributed by atoms with van der Waals surface area (Å²) in [6.07, 6.45) is 10.7. The van der Waals surface area contributed by atoms with Crippen LogP contribution < -0.4 is 4.74 Å². The second-order valence-corrected chi connectivity index (χ2v) is 8.37. The van der Waals surface area contributed by atoms with E-state index in [1.807, 2.05) is 0 Å². The molecule has 0 bridgehead atoms. The summed E-state index contributed by atoms with van der Waals surface area (Å²) >= 11 is 5.86. The van der Waals surface area contributed by atoms with E-state index in [9.17, 15) is 9.59 Å². The van der Waals surface area contributed by atoms with Gasteiger partial charge in [-0.1, -0.05) is 55.3 Å². The molecule has 31 heavy (non-hydrogen) atoms. The summed E-state index contributed by atoms with van der Waals surface area (Å²) in [5.41, 5.74) is 0.815. The van der Waals surface area contributed by atoms with Gasteiger partial charge in [-0.25, -0.2) is 4.79 Å². The van der Waals surface area contributed by atoms with Crippen molar-refractivity contribution in [3.05, 3.63) is 29.3 Å². The second-order valence-electron chi connectivity index (χ2n) is 7.93. The fourth-order valence-electron chi connectivity index (χ4n) is 3.36. The Morgan fingerprint density at radius 2 is 1.52 bits per heavy atom. The normalized spacial score (nSPS) is 19.9. The number of nitrogens with zero attached hydrogens (tertiary/aromatic N) is 1. The molecular weight excluding hydrogens is 418 g/mol. The Labute approximate surface area is 190 Å². The predicted octanol–water partition coefficient (Wildman–Crippen LogP) is 6.24. The number of hydrogen-bond acceptors (Lipinski definition) is 6. The summed E-state index contributed by atoms with van der Waals surface area (Å²) in [7, 11) is 0. The Morgan fingerprint density at radius 1 is 0.935 bits per heavy atom. The highest BCUT2D eigenvalue weighted by Gasteiger charge is 2.17. The largest absolute Gasteiger partial charge is 0.479 e. The van der Waals surface area contributed by atoms with Crippen LogP contribution in [-0.4, -0.2) is 30.4 Å². The first-order chi connectivity index (χ1) is 15.0. The molecule has 0 aliphatic carbocycles. The van der Waals surface area contributed by atoms with Gasteiger partial charge in [-0.2, -0.15) is 0 Å². The van der Waals surface area contributed by atoms with Gasteiger partial charge in [-0.3, -0.25) is 4.79 Å². The first kappa shape index (κ1) is 25.2. The van der Waals surface area contributed by atoms with Gasteiger partial charge >= 0.3 is 11.9 Å². The fraction of sp³-hybridized carbons (Fsp3) is 0.625. The molecule has 1 unspecified atom stereocenters. The maximum atomic E-state index is 12.3. The van der Waals surface area contributed by atoms with Crippen LogP contribution in [0.1, 0.15) is 84.0 Å². The number of halogens is 1. The molecule has 1 aliphatic rings. The fourth-order valence-corrected chi connectivity index (χ4v) is 3.48. The number of cyclic esters (lactones) is 1. The van der Waals surface area contributed by atoms with Crippen molar-refractivity contribution in [1.82, 2.24) is 0 Å². The van der Waals surface area contributed by atoms with Crippen molar-refractivity contribution >= 4 is 29.3 Å². The average Bonchev–Trinajstić information content (AvgIpc) is 2.76. The molecule has 1 aromatic rings. The lowest BCUT2D eigenvalue weighted by Gasteiger charge is -2.13. The molecule has 0 aromatic heterocycles. The van der Waals surface area contributed by atoms with Crippen molar-refractivity contribution in [2.75, 3.05) is 6.61 Å². The van der Waals surface area contributed by atoms with Crippen LogP contribution in [0.5, 0.6) is 5.75 Å². The van der Waals surface area contributed by atoms with Crippen LogP contribution >= 0.6 is 11.6 Å². The zero-order valence-corrected chi connectivity index (χ0v) is 19.2. The highest BCUT2D eigenvalue weighted by molar-refractivity contribution is 6.30. The number of carbonyl (C=O) groups excluding carboxylic acids is 2. The Bertz CT molecular complexity index is 704. The molecule has 0 radical (unpaired) electrons. The molecule has 0 saturated carbocycles. The average molecular weight is 452 g/mol. The lowest BCUT2D eigenvalue weighted by molar-refractivity contribution is -0.151. The number of ether oxygens (including phenoxy) is 2. The molecule has 1 atom stereocenters. The van der Waals surface area contributed by atoms with Gasteiger partial charge in [0.2, 0.25) is 0 Å². The highest BCUT2D eigenvalue weighted by atomic mass is 35.5. The molecule has 1 aliphatic heterocycles. The van der Waals surface area contributed by atoms with Crippen LogP contribution in [0.3, 0.4) is 0 Å². The van der Waals surface area contributed by atoms with E-state index in [2.05, 4.69) is 5.16 Å². The van der Waals surface area contributed by atoms with Gasteiger partial charge in [0.15, 0.2) is 6.10 Å². The summed E-state index contributed by atoms with van der Waals surface area (Å²) in [5, 5.41) is 4.70. The quantitative estimate of drug-likeness (QED) is 0.307. The number of hydrogen-bond donors (Lipinski definition) is 0. The molecular formula is C24H34ClNO5. The van der Waals surface area contributed by atoms with Gasteiger partial charge in [0, 0.05) is 11.4 Å². The minimum Gasteiger partial charge on any atom is -0.479 e. The summed E-state index contributed by atoms with van der Waals surface area (Å²) in [5.74, 6) is -0.153. The summed E-state index contributed by atoms with van der Waals surface area (Å²) < 4.78 is 10.9. The van der Waals surface area contributed by atoms with E-state index < -0.39 is 12.1 Å². The van der Waals surface area contributed by atoms with Gasteiger partial charge in [0.05, 0.1) is 12.3 Å². The van der Waals surface area contributed by atoms with Crippen LogP contribution in [-0.2, 0) is 19.2 Å². The van der Waals surface area contributed by atoms with Crippen molar-refractivity contribution in [3.63, 3.8) is 0 Å². The predicted molar refractivity (Wildman–Crippen MR) is 121 cm³/mol. The highest BCUT2D eigenvalue weighted by Crippen LogP contribution is 2.17. The van der Waals surface area contributed by atoms with Crippen molar-refractivity contribution in [1.29, 1.82) is 0 Å². The molecule has 2 rings (SSSR count). The van der Waals surface area contributed by atoms with Crippen LogP contribution in [0, 0.1) is 0 Å². The van der Waals surface area contributed by atoms with Crippen molar-refractivity contribution in [2.45, 2.75) is 90.1 Å². The third-order valence-electron chi connectivity index (χ3n) is 5.19. The molecule has 0 spiro atoms. The number of oxime groups is 1. The molecule has 0 N–H and O–H groups in total. The summed E-state index contributed by atoms with van der Waals surface area (Å²) in [6.45, 7) is 1.98. The number of esters is 1. The first-order valence-corrected chi connectivity index (χ1v) is 11.8. The van der Waals surface area contributed by atoms with E-state index in [4.69, 9.17) is 25.9 Å². The Balaban J connectivity index is 1.85. The smallest absolute Gasteiger partial charge is 0.374 e. The van der Waals surface area contributed by atoms with E-state index in [0.29, 0.717) is 36.6 Å². The number of rotatable bonds is 4. The minimum absolute atomic E-state index is 0.134. The van der Waals surface area contributed by atoms with Gasteiger partial charge < -0.3 is 14.3 Å². The first-order valence-electron chi connectivity index (χ1n) is 11.4. The lowest BCUT2D eigenvalue weighted by Crippen LogP contribution is -2.25. The molecule has 1 saturated heterocycles. The van der Waals surface area contributed by atoms with E-state index in [0.717, 1.165) is 37.8 Å². The summed E-state index contributed by atoms with van der Waals surface area (Å²) in [6, 6.07) is 6.78. The van der Waals surface area contributed by atoms with Gasteiger partial charge in [0.25, 0.3) is 0 Å². The summed E-state index contributed by atoms with van der Waals surface area (Å²) in [4.78, 5) is 29.2. The molecule has 6 nitrogen and oxygen atoms in total. The van der Waals surface area contributed by atoms with Crippen molar-refractivity contribution < 1.29 is 23.9 Å².